The molecule has 7 nitrogen and oxygen atoms in total. The molecule has 1 aliphatic carbocycles. The largest absolute Gasteiger partial charge is 0.481 e. The summed E-state index contributed by atoms with van der Waals surface area (Å²) < 4.78 is 11.9. The second-order valence-corrected chi connectivity index (χ2v) is 11.3. The molecule has 3 aromatic rings. The molecule has 3 heterocycles. The number of aliphatic carboxylic acids is 1. The number of benzene rings is 2. The van der Waals surface area contributed by atoms with Crippen molar-refractivity contribution in [3.8, 4) is 11.1 Å². The van der Waals surface area contributed by atoms with Gasteiger partial charge < -0.3 is 19.6 Å². The summed E-state index contributed by atoms with van der Waals surface area (Å²) >= 11 is 0. The molecule has 2 bridgehead atoms. The van der Waals surface area contributed by atoms with E-state index in [1.165, 1.54) is 5.56 Å². The van der Waals surface area contributed by atoms with Crippen LogP contribution in [0.5, 0.6) is 0 Å². The molecule has 3 aliphatic rings. The van der Waals surface area contributed by atoms with Crippen LogP contribution >= 0.6 is 0 Å². The molecule has 0 spiro atoms. The van der Waals surface area contributed by atoms with Gasteiger partial charge in [0.25, 0.3) is 0 Å². The van der Waals surface area contributed by atoms with Crippen molar-refractivity contribution in [2.75, 3.05) is 11.9 Å². The lowest BCUT2D eigenvalue weighted by Gasteiger charge is -2.53. The minimum Gasteiger partial charge on any atom is -0.481 e. The van der Waals surface area contributed by atoms with E-state index in [4.69, 9.17) is 9.15 Å². The molecule has 3 fully saturated rings. The van der Waals surface area contributed by atoms with Crippen molar-refractivity contribution in [2.24, 2.45) is 5.41 Å². The van der Waals surface area contributed by atoms with Gasteiger partial charge in [-0.2, -0.15) is 0 Å². The molecule has 1 aromatic heterocycles. The number of ether oxygens (including phenoxy) is 1. The fourth-order valence-corrected chi connectivity index (χ4v) is 5.35. The van der Waals surface area contributed by atoms with Gasteiger partial charge in [-0.3, -0.25) is 4.79 Å². The Balaban J connectivity index is 1.23. The first-order chi connectivity index (χ1) is 16.6. The third-order valence-corrected chi connectivity index (χ3v) is 7.36. The van der Waals surface area contributed by atoms with E-state index in [1.54, 1.807) is 0 Å². The molecule has 0 amide bonds. The Bertz CT molecular complexity index is 1170. The number of hydrogen-bond acceptors (Lipinski definition) is 6. The van der Waals surface area contributed by atoms with Gasteiger partial charge >= 0.3 is 12.0 Å². The highest BCUT2D eigenvalue weighted by Gasteiger charge is 2.51. The number of rotatable bonds is 7. The minimum absolute atomic E-state index is 0.00246. The van der Waals surface area contributed by atoms with Crippen molar-refractivity contribution in [1.82, 2.24) is 10.2 Å². The number of carboxylic acid groups (broad SMARTS) is 1. The van der Waals surface area contributed by atoms with Gasteiger partial charge in [0.15, 0.2) is 0 Å². The average molecular weight is 476 g/mol. The van der Waals surface area contributed by atoms with Gasteiger partial charge in [-0.25, -0.2) is 0 Å². The predicted molar refractivity (Wildman–Crippen MR) is 134 cm³/mol. The fraction of sp³-hybridized carbons (Fsp3) is 0.464. The van der Waals surface area contributed by atoms with Crippen molar-refractivity contribution in [3.05, 3.63) is 60.0 Å². The molecular weight excluding hydrogens is 442 g/mol. The maximum absolute atomic E-state index is 11.2. The molecule has 0 unspecified atom stereocenters. The normalized spacial score (nSPS) is 23.9. The number of carbonyl (C=O) groups is 1. The molecular formula is C28H33N3O4. The summed E-state index contributed by atoms with van der Waals surface area (Å²) in [6.07, 6.45) is 4.42. The van der Waals surface area contributed by atoms with E-state index in [9.17, 15) is 9.90 Å². The van der Waals surface area contributed by atoms with Gasteiger partial charge in [-0.1, -0.05) is 62.3 Å². The zero-order chi connectivity index (χ0) is 24.7. The van der Waals surface area contributed by atoms with E-state index in [2.05, 4.69) is 72.7 Å². The average Bonchev–Trinajstić information content (AvgIpc) is 3.25. The number of hydrogen-bond donors (Lipinski definition) is 2. The van der Waals surface area contributed by atoms with Crippen LogP contribution in [-0.2, 0) is 21.4 Å². The molecule has 2 aliphatic heterocycles. The van der Waals surface area contributed by atoms with Crippen LogP contribution in [0.2, 0.25) is 0 Å². The molecule has 0 atom stereocenters. The van der Waals surface area contributed by atoms with Crippen LogP contribution in [-0.4, -0.2) is 33.5 Å². The van der Waals surface area contributed by atoms with E-state index in [0.717, 1.165) is 48.9 Å². The van der Waals surface area contributed by atoms with Gasteiger partial charge in [0.1, 0.15) is 0 Å². The Morgan fingerprint density at radius 1 is 0.971 bits per heavy atom. The smallest absolute Gasteiger partial charge is 0.320 e. The Labute approximate surface area is 205 Å². The number of fused-ring (bicyclic) bond motifs is 3. The van der Waals surface area contributed by atoms with Gasteiger partial charge in [0.2, 0.25) is 5.89 Å². The molecule has 2 saturated heterocycles. The molecule has 2 N–H and O–H groups in total. The second-order valence-electron chi connectivity index (χ2n) is 11.3. The topological polar surface area (TPSA) is 97.5 Å². The zero-order valence-electron chi connectivity index (χ0n) is 20.6. The molecule has 35 heavy (non-hydrogen) atoms. The number of nitrogens with zero attached hydrogens (tertiary/aromatic N) is 2. The van der Waals surface area contributed by atoms with E-state index < -0.39 is 11.6 Å². The predicted octanol–water partition coefficient (Wildman–Crippen LogP) is 6.12. The van der Waals surface area contributed by atoms with Crippen LogP contribution < -0.4 is 5.32 Å². The van der Waals surface area contributed by atoms with Crippen LogP contribution in [0.1, 0.15) is 64.3 Å². The summed E-state index contributed by atoms with van der Waals surface area (Å²) in [4.78, 5) is 11.2. The van der Waals surface area contributed by atoms with E-state index >= 15 is 0 Å². The lowest BCUT2D eigenvalue weighted by atomic mass is 9.62. The first-order valence-corrected chi connectivity index (χ1v) is 12.3. The highest BCUT2D eigenvalue weighted by molar-refractivity contribution is 5.69. The molecule has 0 radical (unpaired) electrons. The lowest BCUT2D eigenvalue weighted by Crippen LogP contribution is -2.54. The van der Waals surface area contributed by atoms with Crippen LogP contribution in [0.4, 0.5) is 11.7 Å². The highest BCUT2D eigenvalue weighted by atomic mass is 16.5. The standard InChI is InChI=1S/C28H33N3O4/c1-26(2,3)16-23-30-31-25(35-23)29-22-10-6-20(7-11-22)19-4-8-21(9-5-19)27-12-14-28(15-13-27,34-18-27)17-24(32)33/h4-11H,12-18H2,1-3H3,(H,29,31)(H,32,33). The van der Waals surface area contributed by atoms with Crippen LogP contribution in [0.25, 0.3) is 11.1 Å². The van der Waals surface area contributed by atoms with Gasteiger partial charge in [0.05, 0.1) is 18.6 Å². The van der Waals surface area contributed by atoms with Gasteiger partial charge in [0, 0.05) is 17.5 Å². The van der Waals surface area contributed by atoms with Crippen molar-refractivity contribution in [3.63, 3.8) is 0 Å². The monoisotopic (exact) mass is 475 g/mol. The summed E-state index contributed by atoms with van der Waals surface area (Å²) in [5, 5.41) is 20.6. The summed E-state index contributed by atoms with van der Waals surface area (Å²) in [6.45, 7) is 7.02. The number of aromatic nitrogens is 2. The van der Waals surface area contributed by atoms with E-state index in [-0.39, 0.29) is 17.3 Å². The molecule has 184 valence electrons. The molecule has 6 rings (SSSR count). The first kappa shape index (κ1) is 23.5. The van der Waals surface area contributed by atoms with Crippen molar-refractivity contribution in [1.29, 1.82) is 0 Å². The summed E-state index contributed by atoms with van der Waals surface area (Å²) in [5.41, 5.74) is 4.08. The Morgan fingerprint density at radius 2 is 1.60 bits per heavy atom. The maximum Gasteiger partial charge on any atom is 0.320 e. The number of carboxylic acids is 1. The summed E-state index contributed by atoms with van der Waals surface area (Å²) in [6, 6.07) is 17.3. The summed E-state index contributed by atoms with van der Waals surface area (Å²) in [7, 11) is 0. The second kappa shape index (κ2) is 8.79. The summed E-state index contributed by atoms with van der Waals surface area (Å²) in [5.74, 6) is -0.141. The van der Waals surface area contributed by atoms with Gasteiger partial charge in [-0.05, 0) is 59.9 Å². The molecule has 2 aromatic carbocycles. The van der Waals surface area contributed by atoms with Crippen LogP contribution in [0.3, 0.4) is 0 Å². The zero-order valence-corrected chi connectivity index (χ0v) is 20.6. The Kier molecular flexibility index (Phi) is 5.91. The van der Waals surface area contributed by atoms with Crippen LogP contribution in [0, 0.1) is 5.41 Å². The highest BCUT2D eigenvalue weighted by Crippen LogP contribution is 2.51. The number of anilines is 2. The Hall–Kier alpha value is -3.19. The third-order valence-electron chi connectivity index (χ3n) is 7.36. The minimum atomic E-state index is -0.771. The third kappa shape index (κ3) is 5.10. The molecule has 7 heteroatoms. The fourth-order valence-electron chi connectivity index (χ4n) is 5.35. The van der Waals surface area contributed by atoms with E-state index in [1.807, 2.05) is 12.1 Å². The quantitative estimate of drug-likeness (QED) is 0.424. The SMILES string of the molecule is CC(C)(C)Cc1nnc(Nc2ccc(-c3ccc(C45CCC(CC(=O)O)(CC4)OC5)cc3)cc2)o1. The van der Waals surface area contributed by atoms with E-state index in [0.29, 0.717) is 18.5 Å². The molecule has 1 saturated carbocycles. The van der Waals surface area contributed by atoms with Crippen LogP contribution in [0.15, 0.2) is 52.9 Å². The maximum atomic E-state index is 11.2. The lowest BCUT2D eigenvalue weighted by molar-refractivity contribution is -0.174. The van der Waals surface area contributed by atoms with Crippen molar-refractivity contribution >= 4 is 17.7 Å². The van der Waals surface area contributed by atoms with Crippen molar-refractivity contribution < 1.29 is 19.1 Å². The van der Waals surface area contributed by atoms with Gasteiger partial charge in [-0.15, -0.1) is 5.10 Å². The Morgan fingerprint density at radius 3 is 2.14 bits per heavy atom. The van der Waals surface area contributed by atoms with Crippen molar-refractivity contribution in [2.45, 2.75) is 70.3 Å². The number of nitrogens with one attached hydrogen (secondary N) is 1. The first-order valence-electron chi connectivity index (χ1n) is 12.3.